The van der Waals surface area contributed by atoms with Gasteiger partial charge in [-0.05, 0) is 52.6 Å². The topological polar surface area (TPSA) is 33.4 Å². The molecule has 0 spiro atoms. The van der Waals surface area contributed by atoms with Crippen LogP contribution < -0.4 is 0 Å². The maximum absolute atomic E-state index is 14.3. The van der Waals surface area contributed by atoms with Crippen LogP contribution in [0.3, 0.4) is 0 Å². The van der Waals surface area contributed by atoms with Crippen LogP contribution in [-0.2, 0) is 6.42 Å². The summed E-state index contributed by atoms with van der Waals surface area (Å²) in [5.41, 5.74) is 2.09. The van der Waals surface area contributed by atoms with Crippen molar-refractivity contribution in [3.05, 3.63) is 89.9 Å². The third-order valence-corrected chi connectivity index (χ3v) is 5.79. The van der Waals surface area contributed by atoms with E-state index in [-0.39, 0.29) is 5.82 Å². The Hall–Kier alpha value is -2.98. The molecule has 1 heterocycles. The second kappa shape index (κ2) is 7.45. The molecule has 1 aliphatic carbocycles. The summed E-state index contributed by atoms with van der Waals surface area (Å²) in [6.07, 6.45) is 4.02. The standard InChI is InChI=1S/C18H15FO.C7H5BO/c19-17-10-16-12-6-3-7-18(20)15(12)9-8-13(16)11-4-1-2-5-14(11)17;1-2-4-7-6(3-1)5-9-8-7/h1-2,4-5,8-10,18,20H,3,6-7H2;1-5H. The summed E-state index contributed by atoms with van der Waals surface area (Å²) in [7, 11) is 1.75. The summed E-state index contributed by atoms with van der Waals surface area (Å²) in [6.45, 7) is 0. The van der Waals surface area contributed by atoms with Crippen LogP contribution in [0.15, 0.2) is 77.3 Å². The summed E-state index contributed by atoms with van der Waals surface area (Å²) in [6, 6.07) is 21.3. The molecule has 1 unspecified atom stereocenters. The van der Waals surface area contributed by atoms with E-state index in [1.165, 1.54) is 0 Å². The Balaban J connectivity index is 0.000000168. The van der Waals surface area contributed by atoms with Crippen molar-refractivity contribution in [1.82, 2.24) is 0 Å². The van der Waals surface area contributed by atoms with Crippen molar-refractivity contribution >= 4 is 39.3 Å². The maximum atomic E-state index is 14.3. The van der Waals surface area contributed by atoms with Crippen LogP contribution in [0, 0.1) is 5.82 Å². The SMILES string of the molecule is OC1CCCc2c1ccc1c2cc(F)c2ccccc21.b1occ2ccccc12. The average Bonchev–Trinajstić information content (AvgIpc) is 3.24. The predicted octanol–water partition coefficient (Wildman–Crippen LogP) is 6.27. The first-order valence-electron chi connectivity index (χ1n) is 9.94. The van der Waals surface area contributed by atoms with E-state index in [1.54, 1.807) is 19.5 Å². The van der Waals surface area contributed by atoms with E-state index in [0.717, 1.165) is 57.2 Å². The predicted molar refractivity (Wildman–Crippen MR) is 117 cm³/mol. The molecule has 1 aliphatic rings. The molecule has 0 saturated heterocycles. The molecule has 1 atom stereocenters. The van der Waals surface area contributed by atoms with E-state index in [4.69, 9.17) is 4.33 Å². The van der Waals surface area contributed by atoms with E-state index < -0.39 is 6.10 Å². The van der Waals surface area contributed by atoms with Crippen molar-refractivity contribution in [2.75, 3.05) is 0 Å². The van der Waals surface area contributed by atoms with E-state index in [2.05, 4.69) is 0 Å². The summed E-state index contributed by atoms with van der Waals surface area (Å²) < 4.78 is 19.3. The van der Waals surface area contributed by atoms with Gasteiger partial charge in [0, 0.05) is 5.39 Å². The van der Waals surface area contributed by atoms with E-state index in [0.29, 0.717) is 5.39 Å². The molecule has 0 fully saturated rings. The molecule has 6 rings (SSSR count). The van der Waals surface area contributed by atoms with Gasteiger partial charge in [-0.15, -0.1) is 0 Å². The fourth-order valence-corrected chi connectivity index (χ4v) is 4.34. The molecule has 5 aromatic rings. The Kier molecular flexibility index (Phi) is 4.65. The molecule has 0 amide bonds. The molecule has 4 aromatic carbocycles. The van der Waals surface area contributed by atoms with Gasteiger partial charge in [0.15, 0.2) is 0 Å². The summed E-state index contributed by atoms with van der Waals surface area (Å²) in [4.78, 5) is 0. The Morgan fingerprint density at radius 1 is 0.897 bits per heavy atom. The first-order valence-corrected chi connectivity index (χ1v) is 9.94. The van der Waals surface area contributed by atoms with Crippen LogP contribution in [0.1, 0.15) is 30.1 Å². The van der Waals surface area contributed by atoms with Crippen molar-refractivity contribution in [1.29, 1.82) is 0 Å². The van der Waals surface area contributed by atoms with Gasteiger partial charge < -0.3 is 5.11 Å². The van der Waals surface area contributed by atoms with Gasteiger partial charge in [-0.3, -0.25) is 0 Å². The summed E-state index contributed by atoms with van der Waals surface area (Å²) in [5, 5.41) is 16.1. The number of aliphatic hydroxyl groups is 1. The molecule has 2 nitrogen and oxygen atoms in total. The number of aryl methyl sites for hydroxylation is 1. The van der Waals surface area contributed by atoms with Gasteiger partial charge in [-0.1, -0.05) is 36.4 Å². The zero-order valence-corrected chi connectivity index (χ0v) is 15.9. The minimum absolute atomic E-state index is 0.179. The number of halogens is 1. The Bertz CT molecular complexity index is 1290. The Labute approximate surface area is 168 Å². The van der Waals surface area contributed by atoms with Gasteiger partial charge >= 0.3 is 52.7 Å². The van der Waals surface area contributed by atoms with Crippen LogP contribution in [0.25, 0.3) is 32.2 Å². The third-order valence-electron chi connectivity index (χ3n) is 5.79. The molecule has 0 saturated carbocycles. The molecule has 0 bridgehead atoms. The Morgan fingerprint density at radius 2 is 1.66 bits per heavy atom. The van der Waals surface area contributed by atoms with Crippen molar-refractivity contribution in [3.63, 3.8) is 0 Å². The number of rotatable bonds is 0. The van der Waals surface area contributed by atoms with Crippen LogP contribution in [0.5, 0.6) is 0 Å². The molecule has 0 aliphatic heterocycles. The molecule has 142 valence electrons. The average molecular weight is 382 g/mol. The number of hydrogen-bond acceptors (Lipinski definition) is 2. The zero-order valence-electron chi connectivity index (χ0n) is 15.9. The normalized spacial score (nSPS) is 15.7. The molecular weight excluding hydrogens is 362 g/mol. The second-order valence-corrected chi connectivity index (χ2v) is 7.54. The first kappa shape index (κ1) is 18.1. The minimum atomic E-state index is -0.405. The molecule has 1 aromatic heterocycles. The molecule has 29 heavy (non-hydrogen) atoms. The number of hydrogen-bond donors (Lipinski definition) is 1. The van der Waals surface area contributed by atoms with Crippen LogP contribution in [-0.4, -0.2) is 12.2 Å². The van der Waals surface area contributed by atoms with Gasteiger partial charge in [0.1, 0.15) is 5.82 Å². The van der Waals surface area contributed by atoms with Crippen molar-refractivity contribution in [3.8, 4) is 0 Å². The fraction of sp³-hybridized carbons (Fsp3) is 0.160. The molecular formula is C25H20BFO2. The molecule has 4 heteroatoms. The van der Waals surface area contributed by atoms with E-state index >= 15 is 0 Å². The van der Waals surface area contributed by atoms with E-state index in [1.807, 2.05) is 60.7 Å². The van der Waals surface area contributed by atoms with Crippen molar-refractivity contribution in [2.24, 2.45) is 0 Å². The Morgan fingerprint density at radius 3 is 2.52 bits per heavy atom. The zero-order chi connectivity index (χ0) is 19.8. The molecule has 1 N–H and O–H groups in total. The summed E-state index contributed by atoms with van der Waals surface area (Å²) in [5.74, 6) is -0.179. The fourth-order valence-electron chi connectivity index (χ4n) is 4.34. The van der Waals surface area contributed by atoms with Crippen molar-refractivity contribution < 1.29 is 13.8 Å². The van der Waals surface area contributed by atoms with Gasteiger partial charge in [0.05, 0.1) is 6.10 Å². The number of fused-ring (bicyclic) bond motifs is 6. The van der Waals surface area contributed by atoms with Crippen molar-refractivity contribution in [2.45, 2.75) is 25.4 Å². The van der Waals surface area contributed by atoms with E-state index in [9.17, 15) is 9.50 Å². The first-order chi connectivity index (χ1) is 14.2. The molecule has 0 radical (unpaired) electrons. The number of aliphatic hydroxyl groups excluding tert-OH is 1. The third kappa shape index (κ3) is 3.24. The van der Waals surface area contributed by atoms with Crippen LogP contribution in [0.4, 0.5) is 4.39 Å². The second-order valence-electron chi connectivity index (χ2n) is 7.54. The quantitative estimate of drug-likeness (QED) is 0.320. The van der Waals surface area contributed by atoms with Crippen LogP contribution in [0.2, 0.25) is 0 Å². The van der Waals surface area contributed by atoms with Gasteiger partial charge in [-0.2, -0.15) is 0 Å². The van der Waals surface area contributed by atoms with Gasteiger partial charge in [0.25, 0.3) is 0 Å². The summed E-state index contributed by atoms with van der Waals surface area (Å²) >= 11 is 0. The monoisotopic (exact) mass is 382 g/mol. The van der Waals surface area contributed by atoms with Gasteiger partial charge in [-0.25, -0.2) is 4.39 Å². The van der Waals surface area contributed by atoms with Gasteiger partial charge in [0.2, 0.25) is 0 Å². The van der Waals surface area contributed by atoms with Crippen LogP contribution >= 0.6 is 0 Å². The number of benzene rings is 4.